The lowest BCUT2D eigenvalue weighted by Gasteiger charge is -1.98. The van der Waals surface area contributed by atoms with Crippen molar-refractivity contribution in [2.24, 2.45) is 5.73 Å². The lowest BCUT2D eigenvalue weighted by molar-refractivity contribution is 1.37. The van der Waals surface area contributed by atoms with E-state index in [0.29, 0.717) is 6.17 Å². The molecule has 0 aliphatic rings. The van der Waals surface area contributed by atoms with Crippen LogP contribution in [0.2, 0.25) is 0 Å². The largest absolute Gasteiger partial charge is 0.330 e. The molecule has 1 aromatic carbocycles. The van der Waals surface area contributed by atoms with Crippen LogP contribution < -0.4 is 10.9 Å². The minimum atomic E-state index is -0.679. The first-order valence-electron chi connectivity index (χ1n) is 3.28. The van der Waals surface area contributed by atoms with Crippen LogP contribution in [0, 0.1) is 0 Å². The summed E-state index contributed by atoms with van der Waals surface area (Å²) >= 11 is 0. The van der Waals surface area contributed by atoms with Crippen molar-refractivity contribution < 1.29 is 0 Å². The summed E-state index contributed by atoms with van der Waals surface area (Å²) in [5, 5.41) is 1.31. The molecule has 0 heterocycles. The second-order valence-corrected chi connectivity index (χ2v) is 4.37. The topological polar surface area (TPSA) is 26.0 Å². The molecule has 2 N–H and O–H groups in total. The molecule has 0 saturated heterocycles. The average molecular weight is 222 g/mol. The highest BCUT2D eigenvalue weighted by Crippen LogP contribution is 1.80. The molecule has 68 valence electrons. The van der Waals surface area contributed by atoms with Gasteiger partial charge in [-0.25, -0.2) is 0 Å². The normalized spacial score (nSPS) is 7.75. The van der Waals surface area contributed by atoms with Gasteiger partial charge in [-0.15, -0.1) is 31.0 Å². The summed E-state index contributed by atoms with van der Waals surface area (Å²) in [6, 6.07) is 10.2. The number of hydrogen-bond donors (Lipinski definition) is 1. The Balaban J connectivity index is 0. The predicted molar refractivity (Wildman–Crippen MR) is 62.5 cm³/mol. The number of benzene rings is 1. The maximum atomic E-state index is 5.49. The van der Waals surface area contributed by atoms with Gasteiger partial charge in [-0.05, 0) is 5.19 Å². The molecular formula is C8H13Cl2NSi. The van der Waals surface area contributed by atoms with Crippen molar-refractivity contribution in [1.82, 2.24) is 0 Å². The fourth-order valence-electron chi connectivity index (χ4n) is 0.792. The van der Waals surface area contributed by atoms with Crippen molar-refractivity contribution in [2.45, 2.75) is 0 Å². The summed E-state index contributed by atoms with van der Waals surface area (Å²) in [5.41, 5.74) is 5.49. The fraction of sp³-hybridized carbons (Fsp3) is 0.125. The molecular weight excluding hydrogens is 209 g/mol. The van der Waals surface area contributed by atoms with E-state index in [1.54, 1.807) is 0 Å². The van der Waals surface area contributed by atoms with Crippen LogP contribution >= 0.6 is 24.8 Å². The van der Waals surface area contributed by atoms with Crippen molar-refractivity contribution in [3.8, 4) is 0 Å². The highest BCUT2D eigenvalue weighted by atomic mass is 35.5. The minimum absolute atomic E-state index is 0. The summed E-state index contributed by atoms with van der Waals surface area (Å²) in [6.45, 7) is 0. The lowest BCUT2D eigenvalue weighted by Crippen LogP contribution is -2.29. The molecule has 0 atom stereocenters. The summed E-state index contributed by atoms with van der Waals surface area (Å²) in [6.07, 6.45) is 4.72. The smallest absolute Gasteiger partial charge is 0.0528 e. The molecule has 1 rings (SSSR count). The Labute approximate surface area is 87.0 Å². The molecule has 0 aromatic heterocycles. The molecule has 0 radical (unpaired) electrons. The van der Waals surface area contributed by atoms with Gasteiger partial charge in [0.15, 0.2) is 0 Å². The van der Waals surface area contributed by atoms with Gasteiger partial charge in [0.1, 0.15) is 0 Å². The van der Waals surface area contributed by atoms with Crippen LogP contribution in [-0.4, -0.2) is 20.8 Å². The van der Waals surface area contributed by atoms with Crippen LogP contribution in [0.3, 0.4) is 0 Å². The van der Waals surface area contributed by atoms with E-state index < -0.39 is 8.41 Å². The zero-order chi connectivity index (χ0) is 7.40. The zero-order valence-electron chi connectivity index (χ0n) is 6.69. The van der Waals surface area contributed by atoms with Gasteiger partial charge >= 0.3 is 0 Å². The predicted octanol–water partition coefficient (Wildman–Crippen LogP) is 0.744. The summed E-state index contributed by atoms with van der Waals surface area (Å²) in [7, 11) is -0.679. The van der Waals surface area contributed by atoms with Crippen LogP contribution in [-0.2, 0) is 0 Å². The lowest BCUT2D eigenvalue weighted by atomic mass is 10.4. The van der Waals surface area contributed by atoms with Gasteiger partial charge in [0.2, 0.25) is 0 Å². The maximum absolute atomic E-state index is 5.49. The SMILES string of the molecule is C=[Si](CN)c1ccccc1.Cl.Cl. The second-order valence-electron chi connectivity index (χ2n) is 2.17. The van der Waals surface area contributed by atoms with Crippen molar-refractivity contribution in [2.75, 3.05) is 6.17 Å². The molecule has 4 heteroatoms. The molecule has 0 unspecified atom stereocenters. The van der Waals surface area contributed by atoms with Crippen molar-refractivity contribution in [1.29, 1.82) is 0 Å². The molecule has 0 amide bonds. The Morgan fingerprint density at radius 1 is 1.17 bits per heavy atom. The molecule has 0 fully saturated rings. The van der Waals surface area contributed by atoms with E-state index in [1.807, 2.05) is 18.2 Å². The van der Waals surface area contributed by atoms with Crippen LogP contribution in [0.5, 0.6) is 0 Å². The third kappa shape index (κ3) is 4.02. The van der Waals surface area contributed by atoms with Gasteiger partial charge in [-0.3, -0.25) is 0 Å². The van der Waals surface area contributed by atoms with Gasteiger partial charge in [-0.2, -0.15) is 0 Å². The Bertz CT molecular complexity index is 226. The van der Waals surface area contributed by atoms with Crippen molar-refractivity contribution in [3.63, 3.8) is 0 Å². The highest BCUT2D eigenvalue weighted by Gasteiger charge is 1.93. The van der Waals surface area contributed by atoms with Crippen molar-refractivity contribution in [3.05, 3.63) is 30.3 Å². The Kier molecular flexibility index (Phi) is 8.98. The quantitative estimate of drug-likeness (QED) is 0.734. The van der Waals surface area contributed by atoms with E-state index in [9.17, 15) is 0 Å². The average Bonchev–Trinajstić information content (AvgIpc) is 2.05. The molecule has 0 spiro atoms. The first-order valence-corrected chi connectivity index (χ1v) is 5.19. The van der Waals surface area contributed by atoms with Gasteiger partial charge < -0.3 is 5.73 Å². The molecule has 0 aliphatic carbocycles. The minimum Gasteiger partial charge on any atom is -0.330 e. The molecule has 0 bridgehead atoms. The standard InChI is InChI=1S/C8H11NSi.2ClH/c1-10(7-9)8-5-3-2-4-6-8;;/h2-6H,1,7,9H2;2*1H. The van der Waals surface area contributed by atoms with Gasteiger partial charge in [-0.1, -0.05) is 30.3 Å². The Hall–Kier alpha value is -0.153. The fourth-order valence-corrected chi connectivity index (χ4v) is 1.69. The summed E-state index contributed by atoms with van der Waals surface area (Å²) < 4.78 is 0. The molecule has 0 saturated carbocycles. The first-order chi connectivity index (χ1) is 4.84. The first kappa shape index (κ1) is 14.4. The monoisotopic (exact) mass is 221 g/mol. The van der Waals surface area contributed by atoms with E-state index in [2.05, 4.69) is 18.3 Å². The number of nitrogens with two attached hydrogens (primary N) is 1. The Morgan fingerprint density at radius 2 is 1.67 bits per heavy atom. The summed E-state index contributed by atoms with van der Waals surface area (Å²) in [4.78, 5) is 0. The molecule has 1 aromatic rings. The van der Waals surface area contributed by atoms with Crippen LogP contribution in [0.4, 0.5) is 0 Å². The summed E-state index contributed by atoms with van der Waals surface area (Å²) in [5.74, 6) is 0. The van der Waals surface area contributed by atoms with E-state index in [-0.39, 0.29) is 24.8 Å². The number of hydrogen-bond acceptors (Lipinski definition) is 1. The van der Waals surface area contributed by atoms with Crippen LogP contribution in [0.1, 0.15) is 0 Å². The van der Waals surface area contributed by atoms with Gasteiger partial charge in [0.25, 0.3) is 0 Å². The molecule has 0 aliphatic heterocycles. The van der Waals surface area contributed by atoms with E-state index in [0.717, 1.165) is 0 Å². The van der Waals surface area contributed by atoms with Crippen molar-refractivity contribution >= 4 is 44.6 Å². The maximum Gasteiger partial charge on any atom is 0.0528 e. The third-order valence-electron chi connectivity index (χ3n) is 1.43. The molecule has 12 heavy (non-hydrogen) atoms. The zero-order valence-corrected chi connectivity index (χ0v) is 9.33. The van der Waals surface area contributed by atoms with Gasteiger partial charge in [0, 0.05) is 6.17 Å². The highest BCUT2D eigenvalue weighted by molar-refractivity contribution is 6.75. The van der Waals surface area contributed by atoms with Gasteiger partial charge in [0.05, 0.1) is 8.41 Å². The molecule has 1 nitrogen and oxygen atoms in total. The number of halogens is 2. The third-order valence-corrected chi connectivity index (χ3v) is 3.07. The van der Waals surface area contributed by atoms with E-state index in [1.165, 1.54) is 5.19 Å². The van der Waals surface area contributed by atoms with Crippen LogP contribution in [0.25, 0.3) is 0 Å². The van der Waals surface area contributed by atoms with E-state index >= 15 is 0 Å². The second kappa shape index (κ2) is 7.49. The number of rotatable bonds is 2. The van der Waals surface area contributed by atoms with Crippen LogP contribution in [0.15, 0.2) is 30.3 Å². The van der Waals surface area contributed by atoms with E-state index in [4.69, 9.17) is 5.73 Å². The Morgan fingerprint density at radius 3 is 2.08 bits per heavy atom.